The second-order valence-electron chi connectivity index (χ2n) is 4.42. The third kappa shape index (κ3) is 3.27. The summed E-state index contributed by atoms with van der Waals surface area (Å²) < 4.78 is 2.05. The largest absolute Gasteiger partial charge is 0.481 e. The molecule has 1 N–H and O–H groups in total. The molecule has 88 valence electrons. The highest BCUT2D eigenvalue weighted by Crippen LogP contribution is 2.50. The van der Waals surface area contributed by atoms with Crippen LogP contribution in [0.15, 0.2) is 18.7 Å². The molecule has 5 heteroatoms. The van der Waals surface area contributed by atoms with Crippen LogP contribution in [-0.2, 0) is 11.3 Å². The minimum atomic E-state index is -0.660. The van der Waals surface area contributed by atoms with Gasteiger partial charge in [-0.1, -0.05) is 0 Å². The highest BCUT2D eigenvalue weighted by Gasteiger charge is 2.43. The first kappa shape index (κ1) is 11.5. The summed E-state index contributed by atoms with van der Waals surface area (Å²) in [6, 6.07) is 0. The lowest BCUT2D eigenvalue weighted by molar-refractivity contribution is -0.138. The van der Waals surface area contributed by atoms with Crippen LogP contribution in [0.25, 0.3) is 0 Å². The molecule has 16 heavy (non-hydrogen) atoms. The minimum Gasteiger partial charge on any atom is -0.481 e. The topological polar surface area (TPSA) is 55.1 Å². The molecule has 4 nitrogen and oxygen atoms in total. The molecule has 0 amide bonds. The average molecular weight is 240 g/mol. The maximum atomic E-state index is 10.7. The highest BCUT2D eigenvalue weighted by atomic mass is 32.2. The molecule has 0 bridgehead atoms. The number of thioether (sulfide) groups is 1. The van der Waals surface area contributed by atoms with Gasteiger partial charge in [-0.05, 0) is 24.0 Å². The van der Waals surface area contributed by atoms with Gasteiger partial charge in [0.1, 0.15) is 0 Å². The van der Waals surface area contributed by atoms with E-state index in [1.807, 2.05) is 28.9 Å². The van der Waals surface area contributed by atoms with Crippen LogP contribution in [0.3, 0.4) is 0 Å². The van der Waals surface area contributed by atoms with Crippen molar-refractivity contribution in [2.45, 2.75) is 25.8 Å². The molecule has 1 aromatic heterocycles. The average Bonchev–Trinajstić information content (AvgIpc) is 2.79. The van der Waals surface area contributed by atoms with Crippen LogP contribution in [0, 0.1) is 5.41 Å². The van der Waals surface area contributed by atoms with Crippen LogP contribution in [0.5, 0.6) is 0 Å². The number of hydrogen-bond acceptors (Lipinski definition) is 3. The minimum absolute atomic E-state index is 0.117. The number of imidazole rings is 1. The van der Waals surface area contributed by atoms with Gasteiger partial charge in [-0.15, -0.1) is 0 Å². The molecular weight excluding hydrogens is 224 g/mol. The van der Waals surface area contributed by atoms with Gasteiger partial charge < -0.3 is 9.67 Å². The van der Waals surface area contributed by atoms with E-state index in [9.17, 15) is 4.79 Å². The van der Waals surface area contributed by atoms with Crippen molar-refractivity contribution in [1.82, 2.24) is 9.55 Å². The highest BCUT2D eigenvalue weighted by molar-refractivity contribution is 7.99. The maximum absolute atomic E-state index is 10.7. The summed E-state index contributed by atoms with van der Waals surface area (Å²) in [6.45, 7) is 0.952. The Morgan fingerprint density at radius 1 is 1.56 bits per heavy atom. The number of rotatable bonds is 7. The van der Waals surface area contributed by atoms with Gasteiger partial charge >= 0.3 is 5.97 Å². The van der Waals surface area contributed by atoms with Gasteiger partial charge in [0.15, 0.2) is 0 Å². The van der Waals surface area contributed by atoms with E-state index in [1.165, 1.54) is 0 Å². The van der Waals surface area contributed by atoms with E-state index in [0.717, 1.165) is 30.9 Å². The Balaban J connectivity index is 1.63. The summed E-state index contributed by atoms with van der Waals surface area (Å²) in [5.74, 6) is 1.35. The van der Waals surface area contributed by atoms with Gasteiger partial charge in [-0.3, -0.25) is 4.79 Å². The van der Waals surface area contributed by atoms with E-state index in [-0.39, 0.29) is 5.41 Å². The fraction of sp³-hybridized carbons (Fsp3) is 0.636. The second kappa shape index (κ2) is 4.91. The van der Waals surface area contributed by atoms with Crippen LogP contribution < -0.4 is 0 Å². The van der Waals surface area contributed by atoms with Crippen molar-refractivity contribution in [2.24, 2.45) is 5.41 Å². The maximum Gasteiger partial charge on any atom is 0.303 e. The molecule has 1 aliphatic carbocycles. The molecule has 0 aliphatic heterocycles. The zero-order valence-electron chi connectivity index (χ0n) is 9.13. The van der Waals surface area contributed by atoms with E-state index < -0.39 is 5.97 Å². The summed E-state index contributed by atoms with van der Waals surface area (Å²) in [4.78, 5) is 14.6. The van der Waals surface area contributed by atoms with Crippen molar-refractivity contribution < 1.29 is 9.90 Å². The zero-order valence-corrected chi connectivity index (χ0v) is 9.95. The quantitative estimate of drug-likeness (QED) is 0.739. The van der Waals surface area contributed by atoms with Gasteiger partial charge in [0, 0.05) is 24.7 Å². The van der Waals surface area contributed by atoms with Gasteiger partial charge in [0.2, 0.25) is 0 Å². The normalized spacial score (nSPS) is 17.2. The number of carbonyl (C=O) groups is 1. The molecule has 1 heterocycles. The van der Waals surface area contributed by atoms with E-state index >= 15 is 0 Å². The number of aliphatic carboxylic acids is 1. The first-order valence-electron chi connectivity index (χ1n) is 5.46. The van der Waals surface area contributed by atoms with Gasteiger partial charge in [0.05, 0.1) is 12.7 Å². The van der Waals surface area contributed by atoms with Crippen molar-refractivity contribution in [2.75, 3.05) is 11.5 Å². The predicted octanol–water partition coefficient (Wildman–Crippen LogP) is 1.87. The summed E-state index contributed by atoms with van der Waals surface area (Å²) in [5, 5.41) is 8.77. The third-order valence-electron chi connectivity index (χ3n) is 2.94. The van der Waals surface area contributed by atoms with Gasteiger partial charge in [-0.25, -0.2) is 4.98 Å². The Morgan fingerprint density at radius 2 is 2.38 bits per heavy atom. The molecule has 0 radical (unpaired) electrons. The number of aryl methyl sites for hydroxylation is 1. The van der Waals surface area contributed by atoms with Crippen molar-refractivity contribution in [3.8, 4) is 0 Å². The molecule has 0 spiro atoms. The molecule has 1 fully saturated rings. The SMILES string of the molecule is O=C(O)CC1(CSCCn2ccnc2)CC1. The van der Waals surface area contributed by atoms with E-state index in [0.29, 0.717) is 6.42 Å². The Bertz CT molecular complexity index is 347. The Hall–Kier alpha value is -0.970. The summed E-state index contributed by atoms with van der Waals surface area (Å²) >= 11 is 1.85. The first-order chi connectivity index (χ1) is 7.70. The van der Waals surface area contributed by atoms with E-state index in [1.54, 1.807) is 6.20 Å². The Kier molecular flexibility index (Phi) is 3.53. The molecule has 0 aromatic carbocycles. The number of carboxylic acid groups (broad SMARTS) is 1. The molecule has 2 rings (SSSR count). The van der Waals surface area contributed by atoms with Gasteiger partial charge in [-0.2, -0.15) is 11.8 Å². The predicted molar refractivity (Wildman–Crippen MR) is 63.5 cm³/mol. The first-order valence-corrected chi connectivity index (χ1v) is 6.61. The number of hydrogen-bond donors (Lipinski definition) is 1. The van der Waals surface area contributed by atoms with Crippen LogP contribution in [-0.4, -0.2) is 32.1 Å². The number of aromatic nitrogens is 2. The monoisotopic (exact) mass is 240 g/mol. The molecule has 1 aromatic rings. The van der Waals surface area contributed by atoms with Crippen LogP contribution in [0.2, 0.25) is 0 Å². The lowest BCUT2D eigenvalue weighted by Gasteiger charge is -2.11. The van der Waals surface area contributed by atoms with E-state index in [4.69, 9.17) is 5.11 Å². The van der Waals surface area contributed by atoms with Crippen LogP contribution in [0.1, 0.15) is 19.3 Å². The van der Waals surface area contributed by atoms with Gasteiger partial charge in [0.25, 0.3) is 0 Å². The zero-order chi connectivity index (χ0) is 11.4. The van der Waals surface area contributed by atoms with E-state index in [2.05, 4.69) is 4.98 Å². The molecule has 1 saturated carbocycles. The van der Waals surface area contributed by atoms with Crippen LogP contribution in [0.4, 0.5) is 0 Å². The molecule has 1 aliphatic rings. The Morgan fingerprint density at radius 3 is 2.94 bits per heavy atom. The summed E-state index contributed by atoms with van der Waals surface area (Å²) in [7, 11) is 0. The molecule has 0 unspecified atom stereocenters. The molecular formula is C11H16N2O2S. The van der Waals surface area contributed by atoms with Crippen molar-refractivity contribution in [1.29, 1.82) is 0 Å². The lowest BCUT2D eigenvalue weighted by Crippen LogP contribution is -2.12. The fourth-order valence-electron chi connectivity index (χ4n) is 1.75. The molecule has 0 atom stereocenters. The second-order valence-corrected chi connectivity index (χ2v) is 5.53. The Labute approximate surface area is 99.1 Å². The smallest absolute Gasteiger partial charge is 0.303 e. The fourth-order valence-corrected chi connectivity index (χ4v) is 3.06. The van der Waals surface area contributed by atoms with Crippen molar-refractivity contribution in [3.05, 3.63) is 18.7 Å². The third-order valence-corrected chi connectivity index (χ3v) is 4.23. The number of carboxylic acids is 1. The lowest BCUT2D eigenvalue weighted by atomic mass is 10.1. The molecule has 0 saturated heterocycles. The van der Waals surface area contributed by atoms with Crippen molar-refractivity contribution in [3.63, 3.8) is 0 Å². The summed E-state index contributed by atoms with van der Waals surface area (Å²) in [5.41, 5.74) is 0.117. The van der Waals surface area contributed by atoms with Crippen molar-refractivity contribution >= 4 is 17.7 Å². The van der Waals surface area contributed by atoms with Crippen LogP contribution >= 0.6 is 11.8 Å². The standard InChI is InChI=1S/C11H16N2O2S/c14-10(15)7-11(1-2-11)8-16-6-5-13-4-3-12-9-13/h3-4,9H,1-2,5-8H2,(H,14,15). The summed E-state index contributed by atoms with van der Waals surface area (Å²) in [6.07, 6.45) is 8.03. The number of nitrogens with zero attached hydrogens (tertiary/aromatic N) is 2.